The SMILES string of the molecule is COc1ccc2[nH]c3c(c2c1)C[C@@H](C(=O)O)N[C@@H]3c1ccc(OC)c(CN2CCN(c3ccccc3F)CC2)c1. The molecule has 2 aliphatic rings. The zero-order valence-corrected chi connectivity index (χ0v) is 22.6. The number of halogens is 1. The van der Waals surface area contributed by atoms with Gasteiger partial charge in [0.2, 0.25) is 0 Å². The number of carboxylic acid groups (broad SMARTS) is 1. The fraction of sp³-hybridized carbons (Fsp3) is 0.323. The maximum absolute atomic E-state index is 14.3. The molecule has 0 spiro atoms. The predicted octanol–water partition coefficient (Wildman–Crippen LogP) is 4.33. The first-order valence-corrected chi connectivity index (χ1v) is 13.5. The summed E-state index contributed by atoms with van der Waals surface area (Å²) in [6.45, 7) is 3.72. The van der Waals surface area contributed by atoms with E-state index < -0.39 is 12.0 Å². The monoisotopic (exact) mass is 544 g/mol. The van der Waals surface area contributed by atoms with Gasteiger partial charge in [0.15, 0.2) is 0 Å². The number of hydrogen-bond acceptors (Lipinski definition) is 6. The maximum Gasteiger partial charge on any atom is 0.321 e. The molecular formula is C31H33FN4O4. The molecule has 6 rings (SSSR count). The third-order valence-electron chi connectivity index (χ3n) is 8.11. The second-order valence-corrected chi connectivity index (χ2v) is 10.4. The van der Waals surface area contributed by atoms with Gasteiger partial charge in [0.05, 0.1) is 25.9 Å². The molecule has 3 N–H and O–H groups in total. The van der Waals surface area contributed by atoms with E-state index in [-0.39, 0.29) is 11.9 Å². The molecule has 0 amide bonds. The van der Waals surface area contributed by atoms with Crippen LogP contribution in [0.5, 0.6) is 11.5 Å². The first-order chi connectivity index (χ1) is 19.4. The molecule has 2 aliphatic heterocycles. The average Bonchev–Trinajstić information content (AvgIpc) is 3.35. The number of ether oxygens (including phenoxy) is 2. The molecule has 1 aromatic heterocycles. The maximum atomic E-state index is 14.3. The Kier molecular flexibility index (Phi) is 7.08. The normalized spacial score (nSPS) is 19.4. The van der Waals surface area contributed by atoms with Gasteiger partial charge in [0, 0.05) is 61.3 Å². The van der Waals surface area contributed by atoms with E-state index in [0.717, 1.165) is 71.0 Å². The van der Waals surface area contributed by atoms with Crippen molar-refractivity contribution >= 4 is 22.6 Å². The number of aromatic amines is 1. The van der Waals surface area contributed by atoms with Gasteiger partial charge in [-0.2, -0.15) is 0 Å². The third-order valence-corrected chi connectivity index (χ3v) is 8.11. The Morgan fingerprint density at radius 1 is 1.02 bits per heavy atom. The van der Waals surface area contributed by atoms with E-state index in [4.69, 9.17) is 9.47 Å². The first kappa shape index (κ1) is 26.2. The van der Waals surface area contributed by atoms with Crippen LogP contribution in [0, 0.1) is 5.82 Å². The molecule has 4 aromatic rings. The summed E-state index contributed by atoms with van der Waals surface area (Å²) < 4.78 is 25.5. The molecule has 0 saturated carbocycles. The number of methoxy groups -OCH3 is 2. The zero-order chi connectivity index (χ0) is 27.8. The van der Waals surface area contributed by atoms with Crippen LogP contribution in [0.4, 0.5) is 10.1 Å². The molecule has 2 atom stereocenters. The highest BCUT2D eigenvalue weighted by Gasteiger charge is 2.34. The number of hydrogen-bond donors (Lipinski definition) is 3. The van der Waals surface area contributed by atoms with Crippen LogP contribution in [0.2, 0.25) is 0 Å². The Labute approximate surface area is 232 Å². The van der Waals surface area contributed by atoms with Gasteiger partial charge in [-0.15, -0.1) is 0 Å². The average molecular weight is 545 g/mol. The molecule has 0 bridgehead atoms. The van der Waals surface area contributed by atoms with Crippen molar-refractivity contribution in [3.05, 3.63) is 88.9 Å². The van der Waals surface area contributed by atoms with Crippen LogP contribution in [-0.4, -0.2) is 67.4 Å². The van der Waals surface area contributed by atoms with Gasteiger partial charge < -0.3 is 24.5 Å². The Balaban J connectivity index is 1.28. The summed E-state index contributed by atoms with van der Waals surface area (Å²) in [5.41, 5.74) is 5.54. The number of carboxylic acids is 1. The second-order valence-electron chi connectivity index (χ2n) is 10.4. The topological polar surface area (TPSA) is 90.1 Å². The van der Waals surface area contributed by atoms with E-state index in [1.165, 1.54) is 6.07 Å². The van der Waals surface area contributed by atoms with Gasteiger partial charge >= 0.3 is 5.97 Å². The second kappa shape index (κ2) is 10.8. The quantitative estimate of drug-likeness (QED) is 0.319. The fourth-order valence-electron chi connectivity index (χ4n) is 6.01. The van der Waals surface area contributed by atoms with Crippen LogP contribution >= 0.6 is 0 Å². The number of nitrogens with zero attached hydrogens (tertiary/aromatic N) is 2. The highest BCUT2D eigenvalue weighted by atomic mass is 19.1. The minimum atomic E-state index is -0.880. The highest BCUT2D eigenvalue weighted by molar-refractivity contribution is 5.88. The number of rotatable bonds is 7. The predicted molar refractivity (Wildman–Crippen MR) is 152 cm³/mol. The lowest BCUT2D eigenvalue weighted by Gasteiger charge is -2.36. The lowest BCUT2D eigenvalue weighted by atomic mass is 9.89. The van der Waals surface area contributed by atoms with E-state index in [2.05, 4.69) is 26.2 Å². The Morgan fingerprint density at radius 3 is 2.55 bits per heavy atom. The van der Waals surface area contributed by atoms with Crippen molar-refractivity contribution < 1.29 is 23.8 Å². The molecule has 8 nitrogen and oxygen atoms in total. The van der Waals surface area contributed by atoms with Crippen molar-refractivity contribution in [2.75, 3.05) is 45.3 Å². The molecule has 3 heterocycles. The molecule has 208 valence electrons. The van der Waals surface area contributed by atoms with Gasteiger partial charge in [-0.25, -0.2) is 4.39 Å². The Hall–Kier alpha value is -4.08. The van der Waals surface area contributed by atoms with E-state index in [1.807, 2.05) is 42.5 Å². The lowest BCUT2D eigenvalue weighted by Crippen LogP contribution is -2.46. The van der Waals surface area contributed by atoms with E-state index in [0.29, 0.717) is 18.7 Å². The largest absolute Gasteiger partial charge is 0.497 e. The molecule has 9 heteroatoms. The number of nitrogens with one attached hydrogen (secondary N) is 2. The molecule has 1 saturated heterocycles. The van der Waals surface area contributed by atoms with E-state index in [1.54, 1.807) is 20.3 Å². The summed E-state index contributed by atoms with van der Waals surface area (Å²) in [6, 6.07) is 17.8. The summed E-state index contributed by atoms with van der Waals surface area (Å²) in [6.07, 6.45) is 0.379. The van der Waals surface area contributed by atoms with Crippen LogP contribution < -0.4 is 19.7 Å². The smallest absolute Gasteiger partial charge is 0.321 e. The van der Waals surface area contributed by atoms with Crippen LogP contribution in [0.1, 0.15) is 28.4 Å². The van der Waals surface area contributed by atoms with E-state index in [9.17, 15) is 14.3 Å². The minimum absolute atomic E-state index is 0.195. The van der Waals surface area contributed by atoms with Crippen molar-refractivity contribution in [2.24, 2.45) is 0 Å². The van der Waals surface area contributed by atoms with Gasteiger partial charge in [-0.05, 0) is 53.6 Å². The summed E-state index contributed by atoms with van der Waals surface area (Å²) in [4.78, 5) is 20.1. The number of benzene rings is 3. The minimum Gasteiger partial charge on any atom is -0.497 e. The van der Waals surface area contributed by atoms with Crippen molar-refractivity contribution in [3.63, 3.8) is 0 Å². The number of para-hydroxylation sites is 1. The van der Waals surface area contributed by atoms with Gasteiger partial charge in [-0.1, -0.05) is 18.2 Å². The number of piperazine rings is 1. The number of aliphatic carboxylic acids is 1. The van der Waals surface area contributed by atoms with Gasteiger partial charge in [-0.3, -0.25) is 15.0 Å². The van der Waals surface area contributed by atoms with Crippen LogP contribution in [0.25, 0.3) is 10.9 Å². The Morgan fingerprint density at radius 2 is 1.82 bits per heavy atom. The summed E-state index contributed by atoms with van der Waals surface area (Å²) >= 11 is 0. The van der Waals surface area contributed by atoms with Crippen molar-refractivity contribution in [2.45, 2.75) is 25.0 Å². The van der Waals surface area contributed by atoms with Crippen molar-refractivity contribution in [1.29, 1.82) is 0 Å². The van der Waals surface area contributed by atoms with Crippen molar-refractivity contribution in [1.82, 2.24) is 15.2 Å². The fourth-order valence-corrected chi connectivity index (χ4v) is 6.01. The number of anilines is 1. The summed E-state index contributed by atoms with van der Waals surface area (Å²) in [5, 5.41) is 14.3. The molecular weight excluding hydrogens is 511 g/mol. The third kappa shape index (κ3) is 4.87. The number of aromatic nitrogens is 1. The van der Waals surface area contributed by atoms with Crippen LogP contribution in [0.15, 0.2) is 60.7 Å². The Bertz CT molecular complexity index is 1550. The molecule has 3 aromatic carbocycles. The van der Waals surface area contributed by atoms with E-state index >= 15 is 0 Å². The number of carbonyl (C=O) groups is 1. The molecule has 40 heavy (non-hydrogen) atoms. The molecule has 0 aliphatic carbocycles. The van der Waals surface area contributed by atoms with Gasteiger partial charge in [0.1, 0.15) is 23.4 Å². The molecule has 0 unspecified atom stereocenters. The summed E-state index contributed by atoms with van der Waals surface area (Å²) in [5.74, 6) is 0.444. The van der Waals surface area contributed by atoms with Crippen molar-refractivity contribution in [3.8, 4) is 11.5 Å². The number of fused-ring (bicyclic) bond motifs is 3. The van der Waals surface area contributed by atoms with Gasteiger partial charge in [0.25, 0.3) is 0 Å². The first-order valence-electron chi connectivity index (χ1n) is 13.5. The molecule has 1 fully saturated rings. The van der Waals surface area contributed by atoms with Crippen LogP contribution in [0.3, 0.4) is 0 Å². The molecule has 0 radical (unpaired) electrons. The zero-order valence-electron chi connectivity index (χ0n) is 22.6. The van der Waals surface area contributed by atoms with Crippen LogP contribution in [-0.2, 0) is 17.8 Å². The summed E-state index contributed by atoms with van der Waals surface area (Å²) in [7, 11) is 3.29. The lowest BCUT2D eigenvalue weighted by molar-refractivity contribution is -0.139. The highest BCUT2D eigenvalue weighted by Crippen LogP contribution is 2.38. The standard InChI is InChI=1S/C31H33FN4O4/c1-39-21-8-9-25-22(16-21)23-17-26(31(37)38)34-29(30(23)33-25)19-7-10-28(40-2)20(15-19)18-35-11-13-36(14-12-35)27-6-4-3-5-24(27)32/h3-10,15-16,26,29,33-34H,11-14,17-18H2,1-2H3,(H,37,38)/t26-,29+/m0/s1. The number of H-pyrrole nitrogens is 1.